The van der Waals surface area contributed by atoms with E-state index in [0.717, 1.165) is 26.3 Å². The second-order valence-electron chi connectivity index (χ2n) is 3.73. The van der Waals surface area contributed by atoms with Crippen molar-refractivity contribution in [2.24, 2.45) is 0 Å². The van der Waals surface area contributed by atoms with Gasteiger partial charge in [-0.2, -0.15) is 0 Å². The maximum Gasteiger partial charge on any atom is 0.0594 e. The molecule has 1 aliphatic carbocycles. The van der Waals surface area contributed by atoms with Gasteiger partial charge in [0.25, 0.3) is 0 Å². The van der Waals surface area contributed by atoms with Crippen molar-refractivity contribution >= 4 is 0 Å². The zero-order valence-corrected chi connectivity index (χ0v) is 7.72. The smallest absolute Gasteiger partial charge is 0.0594 e. The molecule has 2 fully saturated rings. The van der Waals surface area contributed by atoms with Crippen LogP contribution in [0.5, 0.6) is 0 Å². The summed E-state index contributed by atoms with van der Waals surface area (Å²) < 4.78 is 5.34. The molecule has 2 rings (SSSR count). The zero-order valence-electron chi connectivity index (χ0n) is 7.72. The molecule has 12 heavy (non-hydrogen) atoms. The summed E-state index contributed by atoms with van der Waals surface area (Å²) >= 11 is 0. The van der Waals surface area contributed by atoms with E-state index in [1.165, 1.54) is 32.1 Å². The Morgan fingerprint density at radius 2 is 1.58 bits per heavy atom. The summed E-state index contributed by atoms with van der Waals surface area (Å²) in [7, 11) is 0. The van der Waals surface area contributed by atoms with Crippen LogP contribution in [0.4, 0.5) is 0 Å². The maximum absolute atomic E-state index is 5.34. The van der Waals surface area contributed by atoms with Gasteiger partial charge in [-0.25, -0.2) is 0 Å². The van der Waals surface area contributed by atoms with Crippen molar-refractivity contribution in [3.8, 4) is 0 Å². The second-order valence-corrected chi connectivity index (χ2v) is 3.73. The summed E-state index contributed by atoms with van der Waals surface area (Å²) in [6, 6.07) is 1.70. The molecule has 0 aromatic carbocycles. The summed E-state index contributed by atoms with van der Waals surface area (Å²) in [6.07, 6.45) is 6.95. The van der Waals surface area contributed by atoms with Crippen LogP contribution in [0.2, 0.25) is 0 Å². The highest BCUT2D eigenvalue weighted by Crippen LogP contribution is 2.28. The van der Waals surface area contributed by atoms with Gasteiger partial charge in [-0.1, -0.05) is 19.3 Å². The minimum absolute atomic E-state index is 0.934. The van der Waals surface area contributed by atoms with E-state index in [4.69, 9.17) is 4.74 Å². The third kappa shape index (κ3) is 1.99. The second kappa shape index (κ2) is 4.24. The fourth-order valence-electron chi connectivity index (χ4n) is 2.16. The molecule has 0 unspecified atom stereocenters. The Bertz CT molecular complexity index is 110. The first-order valence-corrected chi connectivity index (χ1v) is 5.14. The fourth-order valence-corrected chi connectivity index (χ4v) is 2.16. The van der Waals surface area contributed by atoms with E-state index < -0.39 is 0 Å². The van der Waals surface area contributed by atoms with Gasteiger partial charge in [0.05, 0.1) is 13.2 Å². The molecule has 0 aromatic rings. The summed E-state index contributed by atoms with van der Waals surface area (Å²) in [4.78, 5) is 2.54. The fraction of sp³-hybridized carbons (Fsp3) is 0.900. The zero-order chi connectivity index (χ0) is 8.23. The molecular weight excluding hydrogens is 150 g/mol. The Balaban J connectivity index is 1.80. The molecule has 0 spiro atoms. The van der Waals surface area contributed by atoms with Crippen LogP contribution in [0.25, 0.3) is 0 Å². The van der Waals surface area contributed by atoms with Gasteiger partial charge < -0.3 is 4.74 Å². The Hall–Kier alpha value is -0.0800. The van der Waals surface area contributed by atoms with E-state index in [-0.39, 0.29) is 0 Å². The molecule has 0 amide bonds. The van der Waals surface area contributed by atoms with Gasteiger partial charge in [0, 0.05) is 19.1 Å². The maximum atomic E-state index is 5.34. The molecule has 1 heterocycles. The van der Waals surface area contributed by atoms with E-state index in [1.54, 1.807) is 6.04 Å². The van der Waals surface area contributed by atoms with Crippen LogP contribution < -0.4 is 0 Å². The highest BCUT2D eigenvalue weighted by Gasteiger charge is 2.22. The minimum Gasteiger partial charge on any atom is -0.379 e. The van der Waals surface area contributed by atoms with Crippen LogP contribution in [0.3, 0.4) is 0 Å². The molecule has 69 valence electrons. The number of morpholine rings is 1. The lowest BCUT2D eigenvalue weighted by Crippen LogP contribution is -2.39. The van der Waals surface area contributed by atoms with Crippen molar-refractivity contribution in [1.29, 1.82) is 0 Å². The van der Waals surface area contributed by atoms with Gasteiger partial charge in [-0.15, -0.1) is 0 Å². The molecule has 0 aromatic heterocycles. The SMILES string of the molecule is C1CC[C](N2CCOCC2)CC1. The Morgan fingerprint density at radius 3 is 2.25 bits per heavy atom. The van der Waals surface area contributed by atoms with Crippen LogP contribution in [0.1, 0.15) is 32.1 Å². The quantitative estimate of drug-likeness (QED) is 0.592. The molecule has 1 radical (unpaired) electrons. The van der Waals surface area contributed by atoms with Crippen molar-refractivity contribution in [3.63, 3.8) is 0 Å². The molecule has 2 heteroatoms. The largest absolute Gasteiger partial charge is 0.379 e. The highest BCUT2D eigenvalue weighted by molar-refractivity contribution is 4.93. The summed E-state index contributed by atoms with van der Waals surface area (Å²) in [5.41, 5.74) is 0. The van der Waals surface area contributed by atoms with Crippen LogP contribution in [-0.2, 0) is 4.74 Å². The predicted molar refractivity (Wildman–Crippen MR) is 48.7 cm³/mol. The van der Waals surface area contributed by atoms with Gasteiger partial charge in [-0.05, 0) is 12.8 Å². The third-order valence-electron chi connectivity index (χ3n) is 2.89. The topological polar surface area (TPSA) is 12.5 Å². The van der Waals surface area contributed by atoms with Gasteiger partial charge in [0.15, 0.2) is 0 Å². The average Bonchev–Trinajstić information content (AvgIpc) is 2.21. The first-order chi connectivity index (χ1) is 5.97. The van der Waals surface area contributed by atoms with E-state index in [0.29, 0.717) is 0 Å². The molecule has 2 aliphatic rings. The average molecular weight is 168 g/mol. The first kappa shape index (κ1) is 8.52. The Kier molecular flexibility index (Phi) is 3.01. The number of nitrogens with zero attached hydrogens (tertiary/aromatic N) is 1. The molecular formula is C10H18NO. The Morgan fingerprint density at radius 1 is 0.917 bits per heavy atom. The monoisotopic (exact) mass is 168 g/mol. The summed E-state index contributed by atoms with van der Waals surface area (Å²) in [5.74, 6) is 0. The van der Waals surface area contributed by atoms with Gasteiger partial charge in [0.2, 0.25) is 0 Å². The molecule has 0 bridgehead atoms. The standard InChI is InChI=1S/C10H18NO/c1-2-4-10(5-3-1)11-6-8-12-9-7-11/h1-9H2. The van der Waals surface area contributed by atoms with E-state index in [9.17, 15) is 0 Å². The van der Waals surface area contributed by atoms with E-state index in [2.05, 4.69) is 4.90 Å². The molecule has 1 aliphatic heterocycles. The lowest BCUT2D eigenvalue weighted by atomic mass is 9.94. The molecule has 2 nitrogen and oxygen atoms in total. The van der Waals surface area contributed by atoms with Crippen LogP contribution >= 0.6 is 0 Å². The number of hydrogen-bond donors (Lipinski definition) is 0. The highest BCUT2D eigenvalue weighted by atomic mass is 16.5. The van der Waals surface area contributed by atoms with Crippen molar-refractivity contribution in [2.75, 3.05) is 26.3 Å². The number of ether oxygens (including phenoxy) is 1. The molecule has 1 saturated carbocycles. The first-order valence-electron chi connectivity index (χ1n) is 5.14. The lowest BCUT2D eigenvalue weighted by Gasteiger charge is -2.35. The van der Waals surface area contributed by atoms with E-state index >= 15 is 0 Å². The molecule has 0 atom stereocenters. The summed E-state index contributed by atoms with van der Waals surface area (Å²) in [5, 5.41) is 0. The number of rotatable bonds is 1. The van der Waals surface area contributed by atoms with Crippen molar-refractivity contribution in [2.45, 2.75) is 32.1 Å². The Labute approximate surface area is 74.9 Å². The van der Waals surface area contributed by atoms with Crippen LogP contribution in [-0.4, -0.2) is 31.2 Å². The summed E-state index contributed by atoms with van der Waals surface area (Å²) in [6.45, 7) is 4.14. The van der Waals surface area contributed by atoms with Gasteiger partial charge >= 0.3 is 0 Å². The van der Waals surface area contributed by atoms with Crippen molar-refractivity contribution < 1.29 is 4.74 Å². The van der Waals surface area contributed by atoms with E-state index in [1.807, 2.05) is 0 Å². The molecule has 0 N–H and O–H groups in total. The minimum atomic E-state index is 0.934. The lowest BCUT2D eigenvalue weighted by molar-refractivity contribution is 0.0346. The van der Waals surface area contributed by atoms with Gasteiger partial charge in [-0.3, -0.25) is 4.90 Å². The number of hydrogen-bond acceptors (Lipinski definition) is 2. The van der Waals surface area contributed by atoms with Crippen LogP contribution in [0.15, 0.2) is 0 Å². The third-order valence-corrected chi connectivity index (χ3v) is 2.89. The predicted octanol–water partition coefficient (Wildman–Crippen LogP) is 1.81. The van der Waals surface area contributed by atoms with Crippen LogP contribution in [0, 0.1) is 6.04 Å². The molecule has 1 saturated heterocycles. The van der Waals surface area contributed by atoms with Crippen molar-refractivity contribution in [3.05, 3.63) is 6.04 Å². The normalized spacial score (nSPS) is 29.0. The van der Waals surface area contributed by atoms with Crippen molar-refractivity contribution in [1.82, 2.24) is 4.90 Å². The van der Waals surface area contributed by atoms with Gasteiger partial charge in [0.1, 0.15) is 0 Å².